The predicted molar refractivity (Wildman–Crippen MR) is 79.3 cm³/mol. The highest BCUT2D eigenvalue weighted by atomic mass is 32.1. The lowest BCUT2D eigenvalue weighted by Crippen LogP contribution is -2.05. The summed E-state index contributed by atoms with van der Waals surface area (Å²) in [6, 6.07) is 2.26. The van der Waals surface area contributed by atoms with Crippen LogP contribution >= 0.6 is 11.3 Å². The first kappa shape index (κ1) is 13.2. The first-order valence-electron chi connectivity index (χ1n) is 6.21. The Labute approximate surface area is 113 Å². The molecule has 1 aromatic heterocycles. The van der Waals surface area contributed by atoms with E-state index < -0.39 is 0 Å². The fourth-order valence-electron chi connectivity index (χ4n) is 2.22. The van der Waals surface area contributed by atoms with Crippen molar-refractivity contribution < 1.29 is 0 Å². The Bertz CT molecular complexity index is 544. The first-order chi connectivity index (χ1) is 8.54. The fraction of sp³-hybridized carbons (Fsp3) is 0.400. The van der Waals surface area contributed by atoms with Crippen molar-refractivity contribution in [1.82, 2.24) is 10.3 Å². The van der Waals surface area contributed by atoms with E-state index in [0.29, 0.717) is 0 Å². The van der Waals surface area contributed by atoms with Crippen LogP contribution < -0.4 is 5.32 Å². The summed E-state index contributed by atoms with van der Waals surface area (Å²) < 4.78 is 0. The van der Waals surface area contributed by atoms with Crippen LogP contribution in [0.25, 0.3) is 10.6 Å². The Hall–Kier alpha value is -1.19. The van der Waals surface area contributed by atoms with Crippen LogP contribution in [0.15, 0.2) is 11.4 Å². The number of nitrogens with zero attached hydrogens (tertiary/aromatic N) is 1. The molecule has 1 heterocycles. The standard InChI is InChI=1S/C15H20N2S/c1-9-6-10(2)12(4)14(11(9)3)15-17-13(7-16-5)8-18-15/h6,8,16H,7H2,1-5H3. The lowest BCUT2D eigenvalue weighted by Gasteiger charge is -2.13. The van der Waals surface area contributed by atoms with Crippen molar-refractivity contribution in [2.24, 2.45) is 0 Å². The van der Waals surface area contributed by atoms with E-state index in [9.17, 15) is 0 Å². The number of rotatable bonds is 3. The van der Waals surface area contributed by atoms with Crippen LogP contribution in [0.4, 0.5) is 0 Å². The summed E-state index contributed by atoms with van der Waals surface area (Å²) >= 11 is 1.74. The Kier molecular flexibility index (Phi) is 3.83. The second kappa shape index (κ2) is 5.21. The zero-order chi connectivity index (χ0) is 13.3. The highest BCUT2D eigenvalue weighted by Gasteiger charge is 2.13. The van der Waals surface area contributed by atoms with E-state index in [2.05, 4.69) is 44.5 Å². The quantitative estimate of drug-likeness (QED) is 0.909. The van der Waals surface area contributed by atoms with Gasteiger partial charge in [0.25, 0.3) is 0 Å². The number of hydrogen-bond acceptors (Lipinski definition) is 3. The molecule has 0 bridgehead atoms. The Morgan fingerprint density at radius 1 is 1.11 bits per heavy atom. The Morgan fingerprint density at radius 3 is 2.28 bits per heavy atom. The molecule has 0 aliphatic heterocycles. The van der Waals surface area contributed by atoms with E-state index in [4.69, 9.17) is 4.98 Å². The maximum absolute atomic E-state index is 4.73. The number of thiazole rings is 1. The van der Waals surface area contributed by atoms with Gasteiger partial charge in [-0.05, 0) is 57.0 Å². The van der Waals surface area contributed by atoms with Crippen molar-refractivity contribution in [3.05, 3.63) is 39.4 Å². The minimum atomic E-state index is 0.833. The summed E-state index contributed by atoms with van der Waals surface area (Å²) in [5, 5.41) is 6.43. The van der Waals surface area contributed by atoms with Crippen LogP contribution in [-0.2, 0) is 6.54 Å². The Morgan fingerprint density at radius 2 is 1.72 bits per heavy atom. The predicted octanol–water partition coefficient (Wildman–Crippen LogP) is 3.76. The zero-order valence-corrected chi connectivity index (χ0v) is 12.5. The molecule has 1 aromatic carbocycles. The number of benzene rings is 1. The van der Waals surface area contributed by atoms with Crippen LogP contribution in [0.2, 0.25) is 0 Å². The number of aryl methyl sites for hydroxylation is 2. The van der Waals surface area contributed by atoms with Gasteiger partial charge >= 0.3 is 0 Å². The molecular weight excluding hydrogens is 240 g/mol. The van der Waals surface area contributed by atoms with Gasteiger partial charge in [-0.3, -0.25) is 0 Å². The second-order valence-corrected chi connectivity index (χ2v) is 5.67. The van der Waals surface area contributed by atoms with E-state index >= 15 is 0 Å². The third kappa shape index (κ3) is 2.33. The summed E-state index contributed by atoms with van der Waals surface area (Å²) in [6.07, 6.45) is 0. The minimum Gasteiger partial charge on any atom is -0.314 e. The number of nitrogens with one attached hydrogen (secondary N) is 1. The van der Waals surface area contributed by atoms with E-state index in [1.807, 2.05) is 7.05 Å². The lowest BCUT2D eigenvalue weighted by atomic mass is 9.95. The number of aromatic nitrogens is 1. The summed E-state index contributed by atoms with van der Waals surface area (Å²) in [4.78, 5) is 4.73. The number of hydrogen-bond donors (Lipinski definition) is 1. The van der Waals surface area contributed by atoms with Crippen molar-refractivity contribution in [2.45, 2.75) is 34.2 Å². The summed E-state index contributed by atoms with van der Waals surface area (Å²) in [5.74, 6) is 0. The van der Waals surface area contributed by atoms with Crippen LogP contribution in [0.5, 0.6) is 0 Å². The average molecular weight is 260 g/mol. The molecule has 1 N–H and O–H groups in total. The van der Waals surface area contributed by atoms with Gasteiger partial charge in [0.2, 0.25) is 0 Å². The van der Waals surface area contributed by atoms with Crippen LogP contribution in [0, 0.1) is 27.7 Å². The summed E-state index contributed by atoms with van der Waals surface area (Å²) in [7, 11) is 1.95. The lowest BCUT2D eigenvalue weighted by molar-refractivity contribution is 0.798. The molecule has 0 aliphatic rings. The molecule has 0 spiro atoms. The highest BCUT2D eigenvalue weighted by Crippen LogP contribution is 2.33. The van der Waals surface area contributed by atoms with E-state index in [1.165, 1.54) is 27.8 Å². The normalized spacial score (nSPS) is 10.9. The maximum Gasteiger partial charge on any atom is 0.124 e. The van der Waals surface area contributed by atoms with Gasteiger partial charge < -0.3 is 5.32 Å². The van der Waals surface area contributed by atoms with E-state index in [-0.39, 0.29) is 0 Å². The van der Waals surface area contributed by atoms with Crippen molar-refractivity contribution >= 4 is 11.3 Å². The highest BCUT2D eigenvalue weighted by molar-refractivity contribution is 7.13. The van der Waals surface area contributed by atoms with Gasteiger partial charge in [0, 0.05) is 17.5 Å². The van der Waals surface area contributed by atoms with E-state index in [1.54, 1.807) is 11.3 Å². The summed E-state index contributed by atoms with van der Waals surface area (Å²) in [6.45, 7) is 9.56. The molecule has 96 valence electrons. The molecule has 0 saturated carbocycles. The van der Waals surface area contributed by atoms with Gasteiger partial charge in [0.15, 0.2) is 0 Å². The van der Waals surface area contributed by atoms with Crippen molar-refractivity contribution in [2.75, 3.05) is 7.05 Å². The molecule has 0 aliphatic carbocycles. The van der Waals surface area contributed by atoms with Gasteiger partial charge in [-0.15, -0.1) is 11.3 Å². The molecular formula is C15H20N2S. The van der Waals surface area contributed by atoms with Gasteiger partial charge in [-0.2, -0.15) is 0 Å². The molecule has 18 heavy (non-hydrogen) atoms. The molecule has 0 unspecified atom stereocenters. The monoisotopic (exact) mass is 260 g/mol. The molecule has 3 heteroatoms. The topological polar surface area (TPSA) is 24.9 Å². The first-order valence-corrected chi connectivity index (χ1v) is 7.09. The van der Waals surface area contributed by atoms with Crippen molar-refractivity contribution in [1.29, 1.82) is 0 Å². The van der Waals surface area contributed by atoms with E-state index in [0.717, 1.165) is 17.2 Å². The SMILES string of the molecule is CNCc1csc(-c2c(C)c(C)cc(C)c2C)n1. The van der Waals surface area contributed by atoms with Crippen LogP contribution in [0.3, 0.4) is 0 Å². The largest absolute Gasteiger partial charge is 0.314 e. The van der Waals surface area contributed by atoms with Gasteiger partial charge in [0.05, 0.1) is 5.69 Å². The molecule has 2 nitrogen and oxygen atoms in total. The molecule has 0 radical (unpaired) electrons. The van der Waals surface area contributed by atoms with Crippen molar-refractivity contribution in [3.63, 3.8) is 0 Å². The third-order valence-corrected chi connectivity index (χ3v) is 4.40. The third-order valence-electron chi connectivity index (χ3n) is 3.49. The molecule has 0 atom stereocenters. The molecule has 2 rings (SSSR count). The second-order valence-electron chi connectivity index (χ2n) is 4.81. The van der Waals surface area contributed by atoms with Crippen LogP contribution in [-0.4, -0.2) is 12.0 Å². The van der Waals surface area contributed by atoms with Crippen LogP contribution in [0.1, 0.15) is 27.9 Å². The van der Waals surface area contributed by atoms with Crippen molar-refractivity contribution in [3.8, 4) is 10.6 Å². The Balaban J connectivity index is 2.55. The van der Waals surface area contributed by atoms with Gasteiger partial charge in [-0.1, -0.05) is 6.07 Å². The molecule has 0 saturated heterocycles. The average Bonchev–Trinajstić information content (AvgIpc) is 2.76. The maximum atomic E-state index is 4.73. The fourth-order valence-corrected chi connectivity index (χ4v) is 3.20. The summed E-state index contributed by atoms with van der Waals surface area (Å²) in [5.41, 5.74) is 7.83. The minimum absolute atomic E-state index is 0.833. The van der Waals surface area contributed by atoms with Gasteiger partial charge in [0.1, 0.15) is 5.01 Å². The molecule has 0 amide bonds. The molecule has 2 aromatic rings. The smallest absolute Gasteiger partial charge is 0.124 e. The molecule has 0 fully saturated rings. The zero-order valence-electron chi connectivity index (χ0n) is 11.7. The van der Waals surface area contributed by atoms with Gasteiger partial charge in [-0.25, -0.2) is 4.98 Å².